The molecule has 0 saturated heterocycles. The van der Waals surface area contributed by atoms with Crippen molar-refractivity contribution >= 4 is 17.8 Å². The second-order valence-electron chi connectivity index (χ2n) is 4.61. The van der Waals surface area contributed by atoms with Gasteiger partial charge in [-0.1, -0.05) is 12.1 Å². The van der Waals surface area contributed by atoms with Crippen LogP contribution in [0.1, 0.15) is 11.1 Å². The van der Waals surface area contributed by atoms with Crippen LogP contribution in [0, 0.1) is 6.92 Å². The number of aromatic hydroxyl groups is 1. The molecule has 0 aliphatic carbocycles. The summed E-state index contributed by atoms with van der Waals surface area (Å²) in [7, 11) is 0. The molecule has 0 unspecified atom stereocenters. The Bertz CT molecular complexity index is 636. The quantitative estimate of drug-likeness (QED) is 0.582. The van der Waals surface area contributed by atoms with E-state index in [1.165, 1.54) is 6.21 Å². The molecule has 21 heavy (non-hydrogen) atoms. The van der Waals surface area contributed by atoms with E-state index in [9.17, 15) is 4.79 Å². The first-order valence-electron chi connectivity index (χ1n) is 6.55. The summed E-state index contributed by atoms with van der Waals surface area (Å²) in [5.74, 6) is -0.0370. The van der Waals surface area contributed by atoms with Crippen LogP contribution in [-0.2, 0) is 4.79 Å². The van der Waals surface area contributed by atoms with Crippen LogP contribution in [-0.4, -0.2) is 23.8 Å². The van der Waals surface area contributed by atoms with E-state index in [1.807, 2.05) is 31.2 Å². The highest BCUT2D eigenvalue weighted by molar-refractivity contribution is 5.84. The van der Waals surface area contributed by atoms with E-state index < -0.39 is 0 Å². The lowest BCUT2D eigenvalue weighted by Crippen LogP contribution is -2.25. The Morgan fingerprint density at radius 2 is 2.00 bits per heavy atom. The summed E-state index contributed by atoms with van der Waals surface area (Å²) < 4.78 is 0. The fraction of sp³-hybridized carbons (Fsp3) is 0.125. The second-order valence-corrected chi connectivity index (χ2v) is 4.61. The second kappa shape index (κ2) is 7.09. The van der Waals surface area contributed by atoms with Gasteiger partial charge in [0.15, 0.2) is 0 Å². The van der Waals surface area contributed by atoms with Crippen molar-refractivity contribution in [1.29, 1.82) is 0 Å². The van der Waals surface area contributed by atoms with Gasteiger partial charge in [-0.05, 0) is 54.4 Å². The van der Waals surface area contributed by atoms with Gasteiger partial charge in [0, 0.05) is 5.69 Å². The number of anilines is 1. The number of aryl methyl sites for hydroxylation is 1. The van der Waals surface area contributed by atoms with Crippen molar-refractivity contribution in [2.24, 2.45) is 5.10 Å². The predicted octanol–water partition coefficient (Wildman–Crippen LogP) is 2.26. The summed E-state index contributed by atoms with van der Waals surface area (Å²) in [5.41, 5.74) is 5.25. The Hall–Kier alpha value is -2.82. The monoisotopic (exact) mass is 283 g/mol. The van der Waals surface area contributed by atoms with E-state index >= 15 is 0 Å². The molecule has 1 amide bonds. The summed E-state index contributed by atoms with van der Waals surface area (Å²) in [6.45, 7) is 2.14. The third-order valence-corrected chi connectivity index (χ3v) is 2.77. The van der Waals surface area contributed by atoms with E-state index in [0.29, 0.717) is 0 Å². The van der Waals surface area contributed by atoms with Crippen LogP contribution in [0.3, 0.4) is 0 Å². The largest absolute Gasteiger partial charge is 0.508 e. The number of hydrazone groups is 1. The number of nitrogens with one attached hydrogen (secondary N) is 2. The Kier molecular flexibility index (Phi) is 4.93. The van der Waals surface area contributed by atoms with Crippen LogP contribution < -0.4 is 10.7 Å². The van der Waals surface area contributed by atoms with E-state index in [4.69, 9.17) is 5.11 Å². The van der Waals surface area contributed by atoms with Crippen molar-refractivity contribution in [2.75, 3.05) is 11.9 Å². The summed E-state index contributed by atoms with van der Waals surface area (Å²) >= 11 is 0. The molecule has 0 spiro atoms. The minimum atomic E-state index is -0.230. The van der Waals surface area contributed by atoms with Crippen LogP contribution in [0.2, 0.25) is 0 Å². The molecule has 0 aromatic heterocycles. The lowest BCUT2D eigenvalue weighted by atomic mass is 10.2. The summed E-state index contributed by atoms with van der Waals surface area (Å²) in [6, 6.07) is 14.3. The third-order valence-electron chi connectivity index (χ3n) is 2.77. The van der Waals surface area contributed by atoms with Gasteiger partial charge in [0.25, 0.3) is 5.91 Å². The zero-order chi connectivity index (χ0) is 15.1. The highest BCUT2D eigenvalue weighted by atomic mass is 16.3. The van der Waals surface area contributed by atoms with Gasteiger partial charge in [-0.3, -0.25) is 4.79 Å². The predicted molar refractivity (Wildman–Crippen MR) is 83.5 cm³/mol. The standard InChI is InChI=1S/C16H17N3O2/c1-12-3-2-4-14(9-12)17-11-16(21)19-18-10-13-5-7-15(20)8-6-13/h2-10,17,20H,11H2,1H3,(H,19,21)/b18-10+. The average Bonchev–Trinajstić information content (AvgIpc) is 2.47. The maximum Gasteiger partial charge on any atom is 0.259 e. The lowest BCUT2D eigenvalue weighted by molar-refractivity contribution is -0.119. The Labute approximate surface area is 123 Å². The fourth-order valence-electron chi connectivity index (χ4n) is 1.72. The molecular formula is C16H17N3O2. The van der Waals surface area contributed by atoms with Gasteiger partial charge in [-0.15, -0.1) is 0 Å². The molecular weight excluding hydrogens is 266 g/mol. The number of amides is 1. The highest BCUT2D eigenvalue weighted by Gasteiger charge is 1.99. The van der Waals surface area contributed by atoms with Crippen LogP contribution >= 0.6 is 0 Å². The van der Waals surface area contributed by atoms with E-state index in [1.54, 1.807) is 24.3 Å². The molecule has 108 valence electrons. The first-order chi connectivity index (χ1) is 10.1. The molecule has 0 fully saturated rings. The van der Waals surface area contributed by atoms with Gasteiger partial charge in [0.05, 0.1) is 12.8 Å². The van der Waals surface area contributed by atoms with Gasteiger partial charge in [-0.2, -0.15) is 5.10 Å². The van der Waals surface area contributed by atoms with Crippen molar-refractivity contribution in [3.05, 3.63) is 59.7 Å². The molecule has 0 atom stereocenters. The fourth-order valence-corrected chi connectivity index (χ4v) is 1.72. The third kappa shape index (κ3) is 4.99. The molecule has 0 saturated carbocycles. The maximum absolute atomic E-state index is 11.6. The number of carbonyl (C=O) groups is 1. The summed E-state index contributed by atoms with van der Waals surface area (Å²) in [6.07, 6.45) is 1.52. The Balaban J connectivity index is 1.78. The number of benzene rings is 2. The normalized spacial score (nSPS) is 10.5. The van der Waals surface area contributed by atoms with Crippen LogP contribution in [0.4, 0.5) is 5.69 Å². The van der Waals surface area contributed by atoms with Gasteiger partial charge in [-0.25, -0.2) is 5.43 Å². The molecule has 5 nitrogen and oxygen atoms in total. The smallest absolute Gasteiger partial charge is 0.259 e. The highest BCUT2D eigenvalue weighted by Crippen LogP contribution is 2.09. The molecule has 0 heterocycles. The molecule has 5 heteroatoms. The zero-order valence-electron chi connectivity index (χ0n) is 11.7. The SMILES string of the molecule is Cc1cccc(NCC(=O)N/N=C/c2ccc(O)cc2)c1. The number of phenolic OH excluding ortho intramolecular Hbond substituents is 1. The van der Waals surface area contributed by atoms with Crippen molar-refractivity contribution in [2.45, 2.75) is 6.92 Å². The number of nitrogens with zero attached hydrogens (tertiary/aromatic N) is 1. The molecule has 0 radical (unpaired) electrons. The first kappa shape index (κ1) is 14.6. The molecule has 3 N–H and O–H groups in total. The first-order valence-corrected chi connectivity index (χ1v) is 6.55. The maximum atomic E-state index is 11.6. The number of hydrogen-bond acceptors (Lipinski definition) is 4. The van der Waals surface area contributed by atoms with Crippen LogP contribution in [0.25, 0.3) is 0 Å². The summed E-state index contributed by atoms with van der Waals surface area (Å²) in [4.78, 5) is 11.6. The summed E-state index contributed by atoms with van der Waals surface area (Å²) in [5, 5.41) is 16.0. The van der Waals surface area contributed by atoms with Crippen LogP contribution in [0.5, 0.6) is 5.75 Å². The molecule has 0 aliphatic heterocycles. The van der Waals surface area contributed by atoms with E-state index in [0.717, 1.165) is 16.8 Å². The van der Waals surface area contributed by atoms with Gasteiger partial charge in [0.1, 0.15) is 5.75 Å². The van der Waals surface area contributed by atoms with Crippen molar-refractivity contribution in [1.82, 2.24) is 5.43 Å². The van der Waals surface area contributed by atoms with Gasteiger partial charge in [0.2, 0.25) is 0 Å². The zero-order valence-corrected chi connectivity index (χ0v) is 11.7. The average molecular weight is 283 g/mol. The van der Waals surface area contributed by atoms with Crippen molar-refractivity contribution in [3.63, 3.8) is 0 Å². The number of rotatable bonds is 5. The molecule has 2 aromatic rings. The number of hydrogen-bond donors (Lipinski definition) is 3. The molecule has 0 bridgehead atoms. The minimum absolute atomic E-state index is 0.149. The molecule has 2 rings (SSSR count). The molecule has 0 aliphatic rings. The van der Waals surface area contributed by atoms with E-state index in [2.05, 4.69) is 15.8 Å². The minimum Gasteiger partial charge on any atom is -0.508 e. The number of carbonyl (C=O) groups excluding carboxylic acids is 1. The van der Waals surface area contributed by atoms with Gasteiger partial charge >= 0.3 is 0 Å². The van der Waals surface area contributed by atoms with Gasteiger partial charge < -0.3 is 10.4 Å². The topological polar surface area (TPSA) is 73.7 Å². The van der Waals surface area contributed by atoms with Crippen molar-refractivity contribution in [3.8, 4) is 5.75 Å². The molecule has 2 aromatic carbocycles. The lowest BCUT2D eigenvalue weighted by Gasteiger charge is -2.05. The Morgan fingerprint density at radius 3 is 2.71 bits per heavy atom. The number of phenols is 1. The van der Waals surface area contributed by atoms with E-state index in [-0.39, 0.29) is 18.2 Å². The van der Waals surface area contributed by atoms with Crippen LogP contribution in [0.15, 0.2) is 53.6 Å². The van der Waals surface area contributed by atoms with Crippen molar-refractivity contribution < 1.29 is 9.90 Å². The Morgan fingerprint density at radius 1 is 1.24 bits per heavy atom.